The summed E-state index contributed by atoms with van der Waals surface area (Å²) in [6, 6.07) is 18.4. The topological polar surface area (TPSA) is 20.3 Å². The van der Waals surface area contributed by atoms with Crippen molar-refractivity contribution in [3.05, 3.63) is 65.7 Å². The van der Waals surface area contributed by atoms with Crippen molar-refractivity contribution in [2.45, 2.75) is 25.8 Å². The number of amides is 1. The first-order chi connectivity index (χ1) is 9.25. The average molecular weight is 251 g/mol. The summed E-state index contributed by atoms with van der Waals surface area (Å²) in [5, 5.41) is 0. The van der Waals surface area contributed by atoms with Gasteiger partial charge in [-0.1, -0.05) is 55.5 Å². The number of hydrogen-bond donors (Lipinski definition) is 0. The molecule has 0 fully saturated rings. The minimum atomic E-state index is 0.218. The maximum absolute atomic E-state index is 12.3. The van der Waals surface area contributed by atoms with Gasteiger partial charge in [-0.05, 0) is 23.1 Å². The maximum Gasteiger partial charge on any atom is 0.227 e. The number of rotatable bonds is 2. The molecule has 2 aromatic carbocycles. The third-order valence-electron chi connectivity index (χ3n) is 3.72. The normalized spacial score (nSPS) is 18.3. The average Bonchev–Trinajstić information content (AvgIpc) is 2.45. The van der Waals surface area contributed by atoms with E-state index in [1.807, 2.05) is 41.3 Å². The lowest BCUT2D eigenvalue weighted by Gasteiger charge is -2.32. The molecule has 3 rings (SSSR count). The van der Waals surface area contributed by atoms with Crippen molar-refractivity contribution in [2.75, 3.05) is 4.90 Å². The van der Waals surface area contributed by atoms with E-state index in [2.05, 4.69) is 25.1 Å². The van der Waals surface area contributed by atoms with Gasteiger partial charge < -0.3 is 4.90 Å². The van der Waals surface area contributed by atoms with E-state index < -0.39 is 0 Å². The van der Waals surface area contributed by atoms with Crippen LogP contribution in [0.15, 0.2) is 54.6 Å². The molecular weight excluding hydrogens is 234 g/mol. The standard InChI is InChI=1S/C17H17NO/c1-13-11-17(19)18(12-14-7-3-2-4-8-14)16-10-6-5-9-15(13)16/h2-10,13H,11-12H2,1H3. The van der Waals surface area contributed by atoms with Gasteiger partial charge in [0.05, 0.1) is 6.54 Å². The Bertz CT molecular complexity index is 591. The molecule has 0 bridgehead atoms. The van der Waals surface area contributed by atoms with Crippen LogP contribution in [0.3, 0.4) is 0 Å². The summed E-state index contributed by atoms with van der Waals surface area (Å²) in [7, 11) is 0. The van der Waals surface area contributed by atoms with E-state index in [1.165, 1.54) is 11.1 Å². The van der Waals surface area contributed by atoms with Gasteiger partial charge in [0.15, 0.2) is 0 Å². The van der Waals surface area contributed by atoms with Crippen molar-refractivity contribution in [3.63, 3.8) is 0 Å². The van der Waals surface area contributed by atoms with Gasteiger partial charge in [-0.15, -0.1) is 0 Å². The van der Waals surface area contributed by atoms with Gasteiger partial charge in [-0.3, -0.25) is 4.79 Å². The van der Waals surface area contributed by atoms with Gasteiger partial charge in [0, 0.05) is 12.1 Å². The van der Waals surface area contributed by atoms with Gasteiger partial charge in [0.2, 0.25) is 5.91 Å². The highest BCUT2D eigenvalue weighted by Crippen LogP contribution is 2.36. The number of anilines is 1. The summed E-state index contributed by atoms with van der Waals surface area (Å²) in [4.78, 5) is 14.2. The van der Waals surface area contributed by atoms with Crippen molar-refractivity contribution in [1.82, 2.24) is 0 Å². The molecule has 0 radical (unpaired) electrons. The van der Waals surface area contributed by atoms with Crippen LogP contribution in [0, 0.1) is 0 Å². The fourth-order valence-corrected chi connectivity index (χ4v) is 2.71. The number of nitrogens with zero attached hydrogens (tertiary/aromatic N) is 1. The van der Waals surface area contributed by atoms with Gasteiger partial charge in [0.1, 0.15) is 0 Å². The molecule has 0 aliphatic carbocycles. The number of fused-ring (bicyclic) bond motifs is 1. The number of carbonyl (C=O) groups excluding carboxylic acids is 1. The number of hydrogen-bond acceptors (Lipinski definition) is 1. The summed E-state index contributed by atoms with van der Waals surface area (Å²) in [5.74, 6) is 0.533. The first-order valence-corrected chi connectivity index (χ1v) is 6.69. The van der Waals surface area contributed by atoms with E-state index in [9.17, 15) is 4.79 Å². The third-order valence-corrected chi connectivity index (χ3v) is 3.72. The van der Waals surface area contributed by atoms with E-state index in [4.69, 9.17) is 0 Å². The summed E-state index contributed by atoms with van der Waals surface area (Å²) >= 11 is 0. The van der Waals surface area contributed by atoms with E-state index in [0.29, 0.717) is 18.9 Å². The van der Waals surface area contributed by atoms with Crippen LogP contribution in [0.25, 0.3) is 0 Å². The molecule has 19 heavy (non-hydrogen) atoms. The van der Waals surface area contributed by atoms with Crippen LogP contribution in [0.2, 0.25) is 0 Å². The molecule has 0 aromatic heterocycles. The highest BCUT2D eigenvalue weighted by Gasteiger charge is 2.28. The van der Waals surface area contributed by atoms with Crippen LogP contribution >= 0.6 is 0 Å². The molecular formula is C17H17NO. The Kier molecular flexibility index (Phi) is 3.08. The Labute approximate surface area is 113 Å². The largest absolute Gasteiger partial charge is 0.308 e. The van der Waals surface area contributed by atoms with Gasteiger partial charge >= 0.3 is 0 Å². The van der Waals surface area contributed by atoms with Crippen LogP contribution in [-0.2, 0) is 11.3 Å². The fraction of sp³-hybridized carbons (Fsp3) is 0.235. The van der Waals surface area contributed by atoms with E-state index in [1.54, 1.807) is 0 Å². The molecule has 0 saturated carbocycles. The van der Waals surface area contributed by atoms with E-state index >= 15 is 0 Å². The predicted molar refractivity (Wildman–Crippen MR) is 77.1 cm³/mol. The van der Waals surface area contributed by atoms with E-state index in [0.717, 1.165) is 5.69 Å². The molecule has 2 heteroatoms. The van der Waals surface area contributed by atoms with Gasteiger partial charge in [0.25, 0.3) is 0 Å². The molecule has 0 saturated heterocycles. The third kappa shape index (κ3) is 2.26. The first kappa shape index (κ1) is 12.0. The smallest absolute Gasteiger partial charge is 0.227 e. The SMILES string of the molecule is CC1CC(=O)N(Cc2ccccc2)c2ccccc21. The second kappa shape index (κ2) is 4.88. The quantitative estimate of drug-likeness (QED) is 0.796. The monoisotopic (exact) mass is 251 g/mol. The summed E-state index contributed by atoms with van der Waals surface area (Å²) in [6.45, 7) is 2.78. The van der Waals surface area contributed by atoms with Crippen LogP contribution in [0.1, 0.15) is 30.4 Å². The minimum Gasteiger partial charge on any atom is -0.308 e. The van der Waals surface area contributed by atoms with Crippen molar-refractivity contribution >= 4 is 11.6 Å². The fourth-order valence-electron chi connectivity index (χ4n) is 2.71. The Morgan fingerprint density at radius 3 is 2.53 bits per heavy atom. The summed E-state index contributed by atoms with van der Waals surface area (Å²) in [6.07, 6.45) is 0.601. The van der Waals surface area contributed by atoms with Crippen LogP contribution in [0.4, 0.5) is 5.69 Å². The molecule has 1 atom stereocenters. The Hall–Kier alpha value is -2.09. The molecule has 96 valence electrons. The van der Waals surface area contributed by atoms with Crippen molar-refractivity contribution in [1.29, 1.82) is 0 Å². The molecule has 2 aromatic rings. The Morgan fingerprint density at radius 2 is 1.74 bits per heavy atom. The maximum atomic E-state index is 12.3. The second-order valence-electron chi connectivity index (χ2n) is 5.13. The molecule has 1 unspecified atom stereocenters. The zero-order valence-electron chi connectivity index (χ0n) is 11.0. The minimum absolute atomic E-state index is 0.218. The van der Waals surface area contributed by atoms with Gasteiger partial charge in [-0.25, -0.2) is 0 Å². The van der Waals surface area contributed by atoms with Crippen LogP contribution in [-0.4, -0.2) is 5.91 Å². The number of benzene rings is 2. The molecule has 0 N–H and O–H groups in total. The predicted octanol–water partition coefficient (Wildman–Crippen LogP) is 3.73. The second-order valence-corrected chi connectivity index (χ2v) is 5.13. The molecule has 0 spiro atoms. The highest BCUT2D eigenvalue weighted by atomic mass is 16.2. The van der Waals surface area contributed by atoms with Gasteiger partial charge in [-0.2, -0.15) is 0 Å². The van der Waals surface area contributed by atoms with Crippen LogP contribution < -0.4 is 4.90 Å². The van der Waals surface area contributed by atoms with Crippen molar-refractivity contribution in [3.8, 4) is 0 Å². The summed E-state index contributed by atoms with van der Waals surface area (Å²) < 4.78 is 0. The molecule has 1 heterocycles. The zero-order valence-corrected chi connectivity index (χ0v) is 11.0. The van der Waals surface area contributed by atoms with Crippen LogP contribution in [0.5, 0.6) is 0 Å². The molecule has 1 aliphatic rings. The Morgan fingerprint density at radius 1 is 1.05 bits per heavy atom. The molecule has 2 nitrogen and oxygen atoms in total. The van der Waals surface area contributed by atoms with Crippen molar-refractivity contribution < 1.29 is 4.79 Å². The first-order valence-electron chi connectivity index (χ1n) is 6.69. The van der Waals surface area contributed by atoms with Crippen molar-refractivity contribution in [2.24, 2.45) is 0 Å². The molecule has 1 amide bonds. The Balaban J connectivity index is 1.97. The number of para-hydroxylation sites is 1. The lowest BCUT2D eigenvalue weighted by Crippen LogP contribution is -2.35. The number of carbonyl (C=O) groups is 1. The van der Waals surface area contributed by atoms with E-state index in [-0.39, 0.29) is 5.91 Å². The summed E-state index contributed by atoms with van der Waals surface area (Å²) in [5.41, 5.74) is 3.51. The highest BCUT2D eigenvalue weighted by molar-refractivity contribution is 5.97. The molecule has 1 aliphatic heterocycles. The zero-order chi connectivity index (χ0) is 13.2. The lowest BCUT2D eigenvalue weighted by atomic mass is 9.91. The lowest BCUT2D eigenvalue weighted by molar-refractivity contribution is -0.119.